The second-order valence-corrected chi connectivity index (χ2v) is 29.3. The van der Waals surface area contributed by atoms with Gasteiger partial charge in [-0.3, -0.25) is 4.99 Å². The largest absolute Gasteiger partial charge is 0.309 e. The van der Waals surface area contributed by atoms with E-state index in [9.17, 15) is 0 Å². The summed E-state index contributed by atoms with van der Waals surface area (Å²) in [7, 11) is 1.86. The quantitative estimate of drug-likeness (QED) is 0.0907. The van der Waals surface area contributed by atoms with E-state index in [-0.39, 0.29) is 0 Å². The molecule has 0 unspecified atom stereocenters. The topological polar surface area (TPSA) is 42.8 Å². The predicted octanol–water partition coefficient (Wildman–Crippen LogP) is 27.8. The van der Waals surface area contributed by atoms with Crippen molar-refractivity contribution in [2.24, 2.45) is 9.39 Å². The molecule has 6 nitrogen and oxygen atoms in total. The van der Waals surface area contributed by atoms with Gasteiger partial charge in [-0.2, -0.15) is 0 Å². The second kappa shape index (κ2) is 27.4. The number of fused-ring (bicyclic) bond motifs is 11. The highest BCUT2D eigenvalue weighted by molar-refractivity contribution is 7.79. The van der Waals surface area contributed by atoms with Crippen molar-refractivity contribution in [3.05, 3.63) is 412 Å². The number of hydrogen-bond donors (Lipinski definition) is 1. The van der Waals surface area contributed by atoms with Crippen LogP contribution in [0.25, 0.3) is 176 Å². The molecule has 526 valence electrons. The van der Waals surface area contributed by atoms with E-state index in [1.165, 1.54) is 109 Å². The third kappa shape index (κ3) is 11.4. The number of aliphatic imine (C=N–C) groups is 1. The van der Waals surface area contributed by atoms with Crippen LogP contribution in [0.3, 0.4) is 0 Å². The lowest BCUT2D eigenvalue weighted by Gasteiger charge is -2.31. The van der Waals surface area contributed by atoms with E-state index < -0.39 is 0 Å². The van der Waals surface area contributed by atoms with Gasteiger partial charge in [0.2, 0.25) is 0 Å². The SMILES string of the molecule is CN=C1C(c2ccc(-n3c4ccc(-c5ccccc5)cc4c4cc(-c5ccccc5)ccc43)cc2)=CC=C(N(c2ccc(-c3ccc4c(c3)c3cc5ccccc5cc3n4-c3ccc(-c4ccccc4)cc3)cc2)c2ccc(-c3ccc4c(c3)c3cc5ccccc5cc3n4-c3ccc(-c4ccccc4)cc3)cc2)C1=NS. The average molecular weight is 1450 g/mol. The molecule has 21 rings (SSSR count). The Morgan fingerprint density at radius 3 is 0.839 bits per heavy atom. The summed E-state index contributed by atoms with van der Waals surface area (Å²) >= 11 is 4.87. The van der Waals surface area contributed by atoms with Crippen LogP contribution in [0.15, 0.2) is 415 Å². The lowest BCUT2D eigenvalue weighted by atomic mass is 9.91. The van der Waals surface area contributed by atoms with Gasteiger partial charge in [0.25, 0.3) is 0 Å². The van der Waals surface area contributed by atoms with Gasteiger partial charge < -0.3 is 18.6 Å². The van der Waals surface area contributed by atoms with Gasteiger partial charge in [0, 0.05) is 73.4 Å². The number of nitrogens with zero attached hydrogens (tertiary/aromatic N) is 6. The third-order valence-corrected chi connectivity index (χ3v) is 23.0. The van der Waals surface area contributed by atoms with Crippen molar-refractivity contribution < 1.29 is 0 Å². The monoisotopic (exact) mass is 1450 g/mol. The minimum Gasteiger partial charge on any atom is -0.309 e. The molecule has 17 aromatic carbocycles. The molecule has 3 heterocycles. The van der Waals surface area contributed by atoms with Crippen molar-refractivity contribution >= 4 is 128 Å². The van der Waals surface area contributed by atoms with E-state index in [1.54, 1.807) is 0 Å². The Balaban J connectivity index is 0.671. The maximum atomic E-state index is 5.10. The summed E-state index contributed by atoms with van der Waals surface area (Å²) < 4.78 is 12.1. The smallest absolute Gasteiger partial charge is 0.121 e. The summed E-state index contributed by atoms with van der Waals surface area (Å²) in [6, 6.07) is 142. The van der Waals surface area contributed by atoms with E-state index in [0.29, 0.717) is 5.71 Å². The number of rotatable bonds is 13. The van der Waals surface area contributed by atoms with Gasteiger partial charge in [0.05, 0.1) is 44.5 Å². The minimum absolute atomic E-state index is 0.652. The van der Waals surface area contributed by atoms with E-state index in [1.807, 2.05) is 7.05 Å². The molecule has 20 aromatic rings. The molecular formula is C105H70N6S. The van der Waals surface area contributed by atoms with Crippen LogP contribution in [0.1, 0.15) is 5.56 Å². The third-order valence-electron chi connectivity index (χ3n) is 22.8. The van der Waals surface area contributed by atoms with Gasteiger partial charge in [-0.15, -0.1) is 0 Å². The van der Waals surface area contributed by atoms with Gasteiger partial charge in [0.15, 0.2) is 0 Å². The lowest BCUT2D eigenvalue weighted by Crippen LogP contribution is -2.30. The molecule has 0 saturated carbocycles. The number of aromatic nitrogens is 3. The molecule has 1 aliphatic carbocycles. The second-order valence-electron chi connectivity index (χ2n) is 29.1. The number of hydrogen-bond acceptors (Lipinski definition) is 4. The van der Waals surface area contributed by atoms with Crippen molar-refractivity contribution in [1.29, 1.82) is 0 Å². The molecule has 0 saturated heterocycles. The summed E-state index contributed by atoms with van der Waals surface area (Å²) in [5.74, 6) is 0. The Kier molecular flexibility index (Phi) is 16.1. The van der Waals surface area contributed by atoms with Gasteiger partial charge in [-0.05, 0) is 252 Å². The summed E-state index contributed by atoms with van der Waals surface area (Å²) in [5.41, 5.74) is 30.2. The fourth-order valence-corrected chi connectivity index (χ4v) is 17.4. The number of allylic oxidation sites excluding steroid dienone is 4. The fraction of sp³-hybridized carbons (Fsp3) is 0.00952. The molecule has 0 N–H and O–H groups in total. The first kappa shape index (κ1) is 65.9. The average Bonchev–Trinajstić information content (AvgIpc) is 1.54. The molecule has 0 radical (unpaired) electrons. The van der Waals surface area contributed by atoms with E-state index in [2.05, 4.69) is 419 Å². The highest BCUT2D eigenvalue weighted by Crippen LogP contribution is 2.45. The van der Waals surface area contributed by atoms with Crippen LogP contribution in [0, 0.1) is 0 Å². The van der Waals surface area contributed by atoms with Crippen molar-refractivity contribution in [2.45, 2.75) is 0 Å². The maximum absolute atomic E-state index is 5.10. The molecule has 7 heteroatoms. The zero-order chi connectivity index (χ0) is 74.3. The van der Waals surface area contributed by atoms with Crippen LogP contribution >= 0.6 is 12.8 Å². The van der Waals surface area contributed by atoms with Crippen molar-refractivity contribution in [3.8, 4) is 83.8 Å². The Morgan fingerprint density at radius 1 is 0.232 bits per heavy atom. The summed E-state index contributed by atoms with van der Waals surface area (Å²) in [4.78, 5) is 7.40. The molecule has 0 aliphatic heterocycles. The zero-order valence-electron chi connectivity index (χ0n) is 61.2. The standard InChI is InChI=1S/C105H70N6S/c1-106-104-90(76-38-52-87(53-39-76)109-97-55-40-81(70-22-10-4-11-23-70)62-91(97)92-63-82(41-56-98(92)109)71-24-12-5-13-25-71)54-59-101(105(104)107-112)108(85-44-34-74(35-45-85)83-42-57-99-93(64-83)95-60-77-26-14-16-28-79(77)66-102(95)110(99)88-48-30-72(31-49-88)68-18-6-2-7-19-68)86-46-36-75(37-47-86)84-43-58-100-94(65-84)96-61-78-27-15-17-29-80(78)67-103(96)111(100)89-50-32-73(33-51-89)69-20-8-3-9-21-69/h2-67,112H,1H3. The Labute approximate surface area is 654 Å². The van der Waals surface area contributed by atoms with Gasteiger partial charge in [-0.1, -0.05) is 255 Å². The fourth-order valence-electron chi connectivity index (χ4n) is 17.2. The van der Waals surface area contributed by atoms with Crippen LogP contribution in [-0.4, -0.2) is 32.2 Å². The van der Waals surface area contributed by atoms with Gasteiger partial charge >= 0.3 is 0 Å². The molecule has 1 aliphatic rings. The number of thiol groups is 1. The molecule has 0 fully saturated rings. The van der Waals surface area contributed by atoms with Crippen LogP contribution in [0.2, 0.25) is 0 Å². The van der Waals surface area contributed by atoms with Gasteiger partial charge in [-0.25, -0.2) is 4.40 Å². The summed E-state index contributed by atoms with van der Waals surface area (Å²) in [6.45, 7) is 0. The Bertz CT molecular complexity index is 6850. The molecular weight excluding hydrogens is 1380 g/mol. The van der Waals surface area contributed by atoms with E-state index in [0.717, 1.165) is 95.3 Å². The number of benzene rings is 17. The Hall–Kier alpha value is -14.4. The lowest BCUT2D eigenvalue weighted by molar-refractivity contribution is 1.18. The highest BCUT2D eigenvalue weighted by atomic mass is 32.1. The summed E-state index contributed by atoms with van der Waals surface area (Å²) in [6.07, 6.45) is 4.38. The molecule has 0 atom stereocenters. The van der Waals surface area contributed by atoms with Crippen LogP contribution in [0.5, 0.6) is 0 Å². The molecule has 0 spiro atoms. The normalized spacial score (nSPS) is 13.2. The van der Waals surface area contributed by atoms with Crippen LogP contribution < -0.4 is 4.90 Å². The molecule has 3 aromatic heterocycles. The van der Waals surface area contributed by atoms with Crippen molar-refractivity contribution in [2.75, 3.05) is 11.9 Å². The first-order valence-corrected chi connectivity index (χ1v) is 38.5. The molecule has 0 amide bonds. The van der Waals surface area contributed by atoms with E-state index >= 15 is 0 Å². The number of anilines is 2. The zero-order valence-corrected chi connectivity index (χ0v) is 62.1. The first-order chi connectivity index (χ1) is 55.4. The maximum Gasteiger partial charge on any atom is 0.121 e. The highest BCUT2D eigenvalue weighted by Gasteiger charge is 2.30. The Morgan fingerprint density at radius 2 is 0.500 bits per heavy atom. The van der Waals surface area contributed by atoms with Gasteiger partial charge in [0.1, 0.15) is 5.71 Å². The molecule has 112 heavy (non-hydrogen) atoms. The van der Waals surface area contributed by atoms with Crippen LogP contribution in [-0.2, 0) is 0 Å². The van der Waals surface area contributed by atoms with Crippen LogP contribution in [0.4, 0.5) is 11.4 Å². The predicted molar refractivity (Wildman–Crippen MR) is 478 cm³/mol. The van der Waals surface area contributed by atoms with Crippen molar-refractivity contribution in [1.82, 2.24) is 13.7 Å². The van der Waals surface area contributed by atoms with E-state index in [4.69, 9.17) is 22.2 Å². The van der Waals surface area contributed by atoms with Crippen molar-refractivity contribution in [3.63, 3.8) is 0 Å². The molecule has 0 bridgehead atoms. The summed E-state index contributed by atoms with van der Waals surface area (Å²) in [5, 5.41) is 12.0. The minimum atomic E-state index is 0.652. The first-order valence-electron chi connectivity index (χ1n) is 38.1.